The van der Waals surface area contributed by atoms with Crippen molar-refractivity contribution >= 4 is 18.0 Å². The first kappa shape index (κ1) is 17.0. The first-order valence-electron chi connectivity index (χ1n) is 7.18. The van der Waals surface area contributed by atoms with Crippen LogP contribution in [0.15, 0.2) is 36.4 Å². The van der Waals surface area contributed by atoms with Gasteiger partial charge in [0.05, 0.1) is 12.5 Å². The molecule has 2 atom stereocenters. The lowest BCUT2D eigenvalue weighted by molar-refractivity contribution is -0.158. The third-order valence-corrected chi connectivity index (χ3v) is 3.11. The molecule has 0 amide bonds. The van der Waals surface area contributed by atoms with Gasteiger partial charge in [-0.25, -0.2) is 4.79 Å². The van der Waals surface area contributed by atoms with Crippen LogP contribution in [0, 0.1) is 5.92 Å². The van der Waals surface area contributed by atoms with E-state index in [1.54, 1.807) is 19.9 Å². The zero-order valence-corrected chi connectivity index (χ0v) is 12.7. The smallest absolute Gasteiger partial charge is 0.331 e. The van der Waals surface area contributed by atoms with Gasteiger partial charge < -0.3 is 9.47 Å². The van der Waals surface area contributed by atoms with Gasteiger partial charge in [0.25, 0.3) is 0 Å². The molecule has 0 aromatic heterocycles. The van der Waals surface area contributed by atoms with Crippen LogP contribution in [0.5, 0.6) is 0 Å². The Labute approximate surface area is 125 Å². The standard InChI is InChI=1S/C17H22O4/c1-4-15(17(19)20-5-2)13(3)21-16(18)12-11-14-9-7-6-8-10-14/h6-13,15H,4-5H2,1-3H3. The second kappa shape index (κ2) is 8.95. The number of carbonyl (C=O) groups excluding carboxylic acids is 2. The lowest BCUT2D eigenvalue weighted by Gasteiger charge is -2.20. The fraction of sp³-hybridized carbons (Fsp3) is 0.412. The third kappa shape index (κ3) is 5.81. The molecule has 2 unspecified atom stereocenters. The minimum atomic E-state index is -0.512. The van der Waals surface area contributed by atoms with Gasteiger partial charge in [0.2, 0.25) is 0 Å². The summed E-state index contributed by atoms with van der Waals surface area (Å²) in [4.78, 5) is 23.5. The average molecular weight is 290 g/mol. The van der Waals surface area contributed by atoms with Gasteiger partial charge in [-0.15, -0.1) is 0 Å². The molecule has 4 nitrogen and oxygen atoms in total. The molecule has 0 fully saturated rings. The predicted molar refractivity (Wildman–Crippen MR) is 81.4 cm³/mol. The van der Waals surface area contributed by atoms with Crippen LogP contribution in [0.4, 0.5) is 0 Å². The lowest BCUT2D eigenvalue weighted by atomic mass is 10.0. The topological polar surface area (TPSA) is 52.6 Å². The molecule has 0 heterocycles. The summed E-state index contributed by atoms with van der Waals surface area (Å²) >= 11 is 0. The summed E-state index contributed by atoms with van der Waals surface area (Å²) in [6.07, 6.45) is 3.10. The van der Waals surface area contributed by atoms with Crippen molar-refractivity contribution < 1.29 is 19.1 Å². The maximum atomic E-state index is 11.8. The molecule has 0 aliphatic carbocycles. The molecule has 0 aliphatic heterocycles. The fourth-order valence-electron chi connectivity index (χ4n) is 1.97. The Morgan fingerprint density at radius 3 is 2.43 bits per heavy atom. The van der Waals surface area contributed by atoms with Crippen LogP contribution in [0.25, 0.3) is 6.08 Å². The molecule has 4 heteroatoms. The van der Waals surface area contributed by atoms with Crippen molar-refractivity contribution in [2.75, 3.05) is 6.61 Å². The molecule has 0 aliphatic rings. The van der Waals surface area contributed by atoms with Crippen LogP contribution < -0.4 is 0 Å². The highest BCUT2D eigenvalue weighted by Crippen LogP contribution is 2.15. The van der Waals surface area contributed by atoms with Gasteiger partial charge in [0.15, 0.2) is 0 Å². The van der Waals surface area contributed by atoms with Crippen molar-refractivity contribution in [3.63, 3.8) is 0 Å². The van der Waals surface area contributed by atoms with E-state index < -0.39 is 18.0 Å². The molecule has 114 valence electrons. The van der Waals surface area contributed by atoms with Crippen LogP contribution in [-0.2, 0) is 19.1 Å². The molecular formula is C17H22O4. The van der Waals surface area contributed by atoms with Crippen molar-refractivity contribution in [1.82, 2.24) is 0 Å². The zero-order valence-electron chi connectivity index (χ0n) is 12.7. The number of hydrogen-bond acceptors (Lipinski definition) is 4. The second-order valence-electron chi connectivity index (χ2n) is 4.65. The van der Waals surface area contributed by atoms with Crippen LogP contribution in [0.1, 0.15) is 32.8 Å². The quantitative estimate of drug-likeness (QED) is 0.571. The molecule has 0 N–H and O–H groups in total. The van der Waals surface area contributed by atoms with Crippen LogP contribution in [-0.4, -0.2) is 24.6 Å². The van der Waals surface area contributed by atoms with E-state index in [2.05, 4.69) is 0 Å². The number of benzene rings is 1. The highest BCUT2D eigenvalue weighted by Gasteiger charge is 2.27. The summed E-state index contributed by atoms with van der Waals surface area (Å²) in [6.45, 7) is 5.65. The Morgan fingerprint density at radius 1 is 1.19 bits per heavy atom. The van der Waals surface area contributed by atoms with Gasteiger partial charge in [-0.05, 0) is 31.9 Å². The first-order valence-corrected chi connectivity index (χ1v) is 7.18. The molecular weight excluding hydrogens is 268 g/mol. The van der Waals surface area contributed by atoms with E-state index >= 15 is 0 Å². The summed E-state index contributed by atoms with van der Waals surface area (Å²) in [5.74, 6) is -1.22. The normalized spacial score (nSPS) is 13.7. The Morgan fingerprint density at radius 2 is 1.86 bits per heavy atom. The Hall–Kier alpha value is -2.10. The van der Waals surface area contributed by atoms with Crippen molar-refractivity contribution in [1.29, 1.82) is 0 Å². The van der Waals surface area contributed by atoms with Gasteiger partial charge in [-0.3, -0.25) is 4.79 Å². The Bertz CT molecular complexity index is 479. The first-order chi connectivity index (χ1) is 10.1. The van der Waals surface area contributed by atoms with E-state index in [9.17, 15) is 9.59 Å². The van der Waals surface area contributed by atoms with Crippen LogP contribution >= 0.6 is 0 Å². The average Bonchev–Trinajstić information content (AvgIpc) is 2.47. The molecule has 0 spiro atoms. The Kier molecular flexibility index (Phi) is 7.23. The zero-order chi connectivity index (χ0) is 15.7. The molecule has 0 saturated heterocycles. The van der Waals surface area contributed by atoms with Gasteiger partial charge in [0, 0.05) is 6.08 Å². The maximum Gasteiger partial charge on any atom is 0.331 e. The summed E-state index contributed by atoms with van der Waals surface area (Å²) < 4.78 is 10.2. The summed E-state index contributed by atoms with van der Waals surface area (Å²) in [6, 6.07) is 9.47. The van der Waals surface area contributed by atoms with E-state index in [0.29, 0.717) is 13.0 Å². The number of hydrogen-bond donors (Lipinski definition) is 0. The monoisotopic (exact) mass is 290 g/mol. The largest absolute Gasteiger partial charge is 0.466 e. The summed E-state index contributed by atoms with van der Waals surface area (Å²) in [5.41, 5.74) is 0.916. The highest BCUT2D eigenvalue weighted by molar-refractivity contribution is 5.87. The summed E-state index contributed by atoms with van der Waals surface area (Å²) in [7, 11) is 0. The number of rotatable bonds is 7. The number of esters is 2. The third-order valence-electron chi connectivity index (χ3n) is 3.11. The van der Waals surface area contributed by atoms with Gasteiger partial charge >= 0.3 is 11.9 Å². The van der Waals surface area contributed by atoms with Crippen LogP contribution in [0.2, 0.25) is 0 Å². The molecule has 21 heavy (non-hydrogen) atoms. The minimum absolute atomic E-state index is 0.323. The molecule has 1 aromatic rings. The predicted octanol–water partition coefficient (Wildman–Crippen LogP) is 3.22. The van der Waals surface area contributed by atoms with Crippen molar-refractivity contribution in [3.05, 3.63) is 42.0 Å². The molecule has 0 radical (unpaired) electrons. The lowest BCUT2D eigenvalue weighted by Crippen LogP contribution is -2.31. The maximum absolute atomic E-state index is 11.8. The molecule has 1 rings (SSSR count). The van der Waals surface area contributed by atoms with E-state index in [1.807, 2.05) is 37.3 Å². The van der Waals surface area contributed by atoms with Crippen molar-refractivity contribution in [3.8, 4) is 0 Å². The number of carbonyl (C=O) groups is 2. The minimum Gasteiger partial charge on any atom is -0.466 e. The fourth-order valence-corrected chi connectivity index (χ4v) is 1.97. The van der Waals surface area contributed by atoms with E-state index in [-0.39, 0.29) is 5.97 Å². The van der Waals surface area contributed by atoms with E-state index in [4.69, 9.17) is 9.47 Å². The van der Waals surface area contributed by atoms with Crippen molar-refractivity contribution in [2.24, 2.45) is 5.92 Å². The van der Waals surface area contributed by atoms with Gasteiger partial charge in [0.1, 0.15) is 6.10 Å². The molecule has 0 bridgehead atoms. The highest BCUT2D eigenvalue weighted by atomic mass is 16.6. The van der Waals surface area contributed by atoms with Crippen molar-refractivity contribution in [2.45, 2.75) is 33.3 Å². The SMILES string of the molecule is CCOC(=O)C(CC)C(C)OC(=O)C=Cc1ccccc1. The Balaban J connectivity index is 2.56. The molecule has 0 saturated carbocycles. The second-order valence-corrected chi connectivity index (χ2v) is 4.65. The number of ether oxygens (including phenoxy) is 2. The van der Waals surface area contributed by atoms with Gasteiger partial charge in [-0.1, -0.05) is 37.3 Å². The van der Waals surface area contributed by atoms with Crippen LogP contribution in [0.3, 0.4) is 0 Å². The van der Waals surface area contributed by atoms with Gasteiger partial charge in [-0.2, -0.15) is 0 Å². The molecule has 1 aromatic carbocycles. The summed E-state index contributed by atoms with van der Waals surface area (Å²) in [5, 5.41) is 0. The van der Waals surface area contributed by atoms with E-state index in [1.165, 1.54) is 6.08 Å². The van der Waals surface area contributed by atoms with E-state index in [0.717, 1.165) is 5.56 Å².